The van der Waals surface area contributed by atoms with Crippen LogP contribution in [-0.2, 0) is 22.4 Å². The maximum Gasteiger partial charge on any atom is 0.274 e. The first-order chi connectivity index (χ1) is 16.5. The van der Waals surface area contributed by atoms with Gasteiger partial charge in [0.05, 0.1) is 6.61 Å². The van der Waals surface area contributed by atoms with Gasteiger partial charge >= 0.3 is 0 Å². The molecule has 8 nitrogen and oxygen atoms in total. The van der Waals surface area contributed by atoms with Crippen molar-refractivity contribution in [2.75, 3.05) is 12.4 Å². The summed E-state index contributed by atoms with van der Waals surface area (Å²) < 4.78 is 11.1. The minimum Gasteiger partial charge on any atom is -0.494 e. The van der Waals surface area contributed by atoms with Crippen LogP contribution < -0.4 is 10.1 Å². The lowest BCUT2D eigenvalue weighted by Crippen LogP contribution is -2.69. The molecule has 0 spiro atoms. The summed E-state index contributed by atoms with van der Waals surface area (Å²) in [4.78, 5) is 31.7. The number of hydrogen-bond donors (Lipinski definition) is 1. The van der Waals surface area contributed by atoms with Crippen LogP contribution in [-0.4, -0.2) is 50.6 Å². The normalized spacial score (nSPS) is 19.6. The molecule has 34 heavy (non-hydrogen) atoms. The van der Waals surface area contributed by atoms with Crippen molar-refractivity contribution in [3.63, 3.8) is 0 Å². The second kappa shape index (κ2) is 11.1. The summed E-state index contributed by atoms with van der Waals surface area (Å²) in [7, 11) is 0. The van der Waals surface area contributed by atoms with Crippen LogP contribution in [0.3, 0.4) is 0 Å². The fourth-order valence-electron chi connectivity index (χ4n) is 4.04. The number of benzene rings is 1. The first kappa shape index (κ1) is 24.3. The van der Waals surface area contributed by atoms with Gasteiger partial charge in [-0.15, -0.1) is 11.8 Å². The van der Waals surface area contributed by atoms with Crippen molar-refractivity contribution < 1.29 is 18.8 Å². The summed E-state index contributed by atoms with van der Waals surface area (Å²) in [5.41, 5.74) is 2.77. The van der Waals surface area contributed by atoms with Crippen molar-refractivity contribution in [3.05, 3.63) is 47.1 Å². The fraction of sp³-hybridized carbons (Fsp3) is 0.520. The number of rotatable bonds is 11. The van der Waals surface area contributed by atoms with Crippen molar-refractivity contribution >= 4 is 29.3 Å². The standard InChI is InChI=1S/C25H32N4O4S/c1-4-6-14-32-18-11-8-17(9-12-18)10-13-20(30)27-21-24(31)29-22(16(3)15-34-25(21)29)23-26-19(7-5-2)28-33-23/h8-9,11-12,21,25H,4-7,10,13-15H2,1-3H3,(H,27,30)/t21-,25-/m1/s1. The summed E-state index contributed by atoms with van der Waals surface area (Å²) in [5, 5.41) is 6.80. The van der Waals surface area contributed by atoms with Gasteiger partial charge in [0, 0.05) is 18.6 Å². The lowest BCUT2D eigenvalue weighted by atomic mass is 10.0. The molecule has 0 aliphatic carbocycles. The number of β-lactam (4-membered cyclic amide) rings is 1. The van der Waals surface area contributed by atoms with Crippen LogP contribution >= 0.6 is 11.8 Å². The lowest BCUT2D eigenvalue weighted by molar-refractivity contribution is -0.144. The summed E-state index contributed by atoms with van der Waals surface area (Å²) >= 11 is 1.64. The van der Waals surface area contributed by atoms with E-state index in [0.29, 0.717) is 36.9 Å². The highest BCUT2D eigenvalue weighted by Gasteiger charge is 2.53. The Hall–Kier alpha value is -2.81. The van der Waals surface area contributed by atoms with Crippen molar-refractivity contribution in [2.24, 2.45) is 0 Å². The van der Waals surface area contributed by atoms with E-state index in [4.69, 9.17) is 9.26 Å². The Bertz CT molecular complexity index is 1050. The Labute approximate surface area is 204 Å². The molecule has 1 aromatic carbocycles. The number of aromatic nitrogens is 2. The molecule has 0 bridgehead atoms. The molecular formula is C25H32N4O4S. The van der Waals surface area contributed by atoms with E-state index >= 15 is 0 Å². The number of unbranched alkanes of at least 4 members (excludes halogenated alkanes) is 1. The van der Waals surface area contributed by atoms with E-state index < -0.39 is 6.04 Å². The molecule has 1 fully saturated rings. The number of ether oxygens (including phenoxy) is 1. The van der Waals surface area contributed by atoms with Gasteiger partial charge in [-0.05, 0) is 49.5 Å². The highest BCUT2D eigenvalue weighted by atomic mass is 32.2. The van der Waals surface area contributed by atoms with Gasteiger partial charge in [0.25, 0.3) is 11.8 Å². The van der Waals surface area contributed by atoms with E-state index in [2.05, 4.69) is 29.3 Å². The third-order valence-corrected chi connectivity index (χ3v) is 7.37. The zero-order chi connectivity index (χ0) is 24.1. The quantitative estimate of drug-likeness (QED) is 0.381. The van der Waals surface area contributed by atoms with E-state index in [1.165, 1.54) is 0 Å². The average molecular weight is 485 g/mol. The monoisotopic (exact) mass is 484 g/mol. The van der Waals surface area contributed by atoms with Crippen LogP contribution in [0.4, 0.5) is 0 Å². The number of nitrogens with one attached hydrogen (secondary N) is 1. The molecule has 4 rings (SSSR count). The number of carbonyl (C=O) groups excluding carboxylic acids is 2. The van der Waals surface area contributed by atoms with Gasteiger partial charge in [0.2, 0.25) is 5.91 Å². The molecule has 2 amide bonds. The van der Waals surface area contributed by atoms with Crippen LogP contribution in [0.2, 0.25) is 0 Å². The van der Waals surface area contributed by atoms with Gasteiger partial charge in [0.1, 0.15) is 22.9 Å². The van der Waals surface area contributed by atoms with Crippen molar-refractivity contribution in [3.8, 4) is 5.75 Å². The van der Waals surface area contributed by atoms with Gasteiger partial charge < -0.3 is 14.6 Å². The molecule has 9 heteroatoms. The summed E-state index contributed by atoms with van der Waals surface area (Å²) in [6, 6.07) is 7.31. The molecule has 0 unspecified atom stereocenters. The smallest absolute Gasteiger partial charge is 0.274 e. The van der Waals surface area contributed by atoms with Crippen LogP contribution in [0.25, 0.3) is 5.70 Å². The Morgan fingerprint density at radius 1 is 1.24 bits per heavy atom. The van der Waals surface area contributed by atoms with Crippen molar-refractivity contribution in [1.82, 2.24) is 20.4 Å². The first-order valence-electron chi connectivity index (χ1n) is 12.0. The Morgan fingerprint density at radius 2 is 2.03 bits per heavy atom. The van der Waals surface area contributed by atoms with E-state index in [0.717, 1.165) is 48.3 Å². The van der Waals surface area contributed by atoms with Crippen LogP contribution in [0.15, 0.2) is 34.4 Å². The molecule has 1 saturated heterocycles. The molecule has 2 aliphatic rings. The summed E-state index contributed by atoms with van der Waals surface area (Å²) in [6.45, 7) is 6.87. The molecule has 0 radical (unpaired) electrons. The lowest BCUT2D eigenvalue weighted by Gasteiger charge is -2.49. The predicted octanol–water partition coefficient (Wildman–Crippen LogP) is 3.96. The third kappa shape index (κ3) is 5.29. The minimum absolute atomic E-state index is 0.127. The Morgan fingerprint density at radius 3 is 2.76 bits per heavy atom. The average Bonchev–Trinajstić information content (AvgIpc) is 3.30. The zero-order valence-corrected chi connectivity index (χ0v) is 20.8. The fourth-order valence-corrected chi connectivity index (χ4v) is 5.33. The zero-order valence-electron chi connectivity index (χ0n) is 20.0. The van der Waals surface area contributed by atoms with Gasteiger partial charge in [0.15, 0.2) is 5.82 Å². The van der Waals surface area contributed by atoms with Crippen molar-refractivity contribution in [2.45, 2.75) is 70.7 Å². The molecular weight excluding hydrogens is 452 g/mol. The second-order valence-corrected chi connectivity index (χ2v) is 9.80. The minimum atomic E-state index is -0.534. The summed E-state index contributed by atoms with van der Waals surface area (Å²) in [5.74, 6) is 2.35. The number of aryl methyl sites for hydroxylation is 2. The van der Waals surface area contributed by atoms with Crippen LogP contribution in [0.1, 0.15) is 63.7 Å². The molecule has 1 aromatic heterocycles. The summed E-state index contributed by atoms with van der Waals surface area (Å²) in [6.07, 6.45) is 4.71. The van der Waals surface area contributed by atoms with Gasteiger partial charge in [-0.1, -0.05) is 37.6 Å². The maximum atomic E-state index is 13.0. The van der Waals surface area contributed by atoms with E-state index in [-0.39, 0.29) is 17.2 Å². The molecule has 2 atom stereocenters. The topological polar surface area (TPSA) is 97.6 Å². The van der Waals surface area contributed by atoms with Gasteiger partial charge in [-0.3, -0.25) is 14.5 Å². The predicted molar refractivity (Wildman–Crippen MR) is 131 cm³/mol. The van der Waals surface area contributed by atoms with E-state index in [1.807, 2.05) is 31.2 Å². The molecule has 1 N–H and O–H groups in total. The molecule has 3 heterocycles. The number of carbonyl (C=O) groups is 2. The molecule has 2 aliphatic heterocycles. The molecule has 182 valence electrons. The Balaban J connectivity index is 1.31. The van der Waals surface area contributed by atoms with Crippen LogP contribution in [0.5, 0.6) is 5.75 Å². The van der Waals surface area contributed by atoms with Crippen LogP contribution in [0, 0.1) is 0 Å². The molecule has 2 aromatic rings. The third-order valence-electron chi connectivity index (χ3n) is 5.95. The SMILES string of the molecule is CCCCOc1ccc(CCC(=O)N[C@@H]2C(=O)N3C(c4nc(CCC)no4)=C(C)CS[C@H]23)cc1. The highest BCUT2D eigenvalue weighted by Crippen LogP contribution is 2.43. The highest BCUT2D eigenvalue weighted by molar-refractivity contribution is 8.00. The van der Waals surface area contributed by atoms with E-state index in [9.17, 15) is 9.59 Å². The second-order valence-electron chi connectivity index (χ2n) is 8.70. The Kier molecular flexibility index (Phi) is 7.92. The van der Waals surface area contributed by atoms with Gasteiger partial charge in [-0.25, -0.2) is 0 Å². The maximum absolute atomic E-state index is 13.0. The number of thioether (sulfide) groups is 1. The molecule has 0 saturated carbocycles. The van der Waals surface area contributed by atoms with Gasteiger partial charge in [-0.2, -0.15) is 4.98 Å². The number of nitrogens with zero attached hydrogens (tertiary/aromatic N) is 3. The van der Waals surface area contributed by atoms with Crippen molar-refractivity contribution in [1.29, 1.82) is 0 Å². The van der Waals surface area contributed by atoms with E-state index in [1.54, 1.807) is 16.7 Å². The number of fused-ring (bicyclic) bond motifs is 1. The number of hydrogen-bond acceptors (Lipinski definition) is 7. The largest absolute Gasteiger partial charge is 0.494 e. The number of amides is 2. The first-order valence-corrected chi connectivity index (χ1v) is 13.0.